The van der Waals surface area contributed by atoms with Gasteiger partial charge >= 0.3 is 0 Å². The molecule has 1 fully saturated rings. The first-order valence-electron chi connectivity index (χ1n) is 8.07. The minimum Gasteiger partial charge on any atom is -0.335 e. The first-order chi connectivity index (χ1) is 12.0. The molecule has 0 saturated carbocycles. The van der Waals surface area contributed by atoms with Crippen LogP contribution in [0, 0.1) is 11.6 Å². The van der Waals surface area contributed by atoms with E-state index >= 15 is 0 Å². The Labute approximate surface area is 144 Å². The minimum absolute atomic E-state index is 0.220. The fourth-order valence-corrected chi connectivity index (χ4v) is 3.04. The molecule has 2 amide bonds. The van der Waals surface area contributed by atoms with Crippen molar-refractivity contribution >= 4 is 11.8 Å². The summed E-state index contributed by atoms with van der Waals surface area (Å²) in [5, 5.41) is 0. The normalized spacial score (nSPS) is 17.5. The van der Waals surface area contributed by atoms with Crippen LogP contribution in [0.15, 0.2) is 48.5 Å². The van der Waals surface area contributed by atoms with Crippen LogP contribution in [0.3, 0.4) is 0 Å². The molecule has 0 spiro atoms. The van der Waals surface area contributed by atoms with Gasteiger partial charge in [-0.15, -0.1) is 0 Å². The van der Waals surface area contributed by atoms with Gasteiger partial charge in [0.25, 0.3) is 11.8 Å². The molecule has 1 heterocycles. The fraction of sp³-hybridized carbons (Fsp3) is 0.263. The summed E-state index contributed by atoms with van der Waals surface area (Å²) < 4.78 is 26.6. The third kappa shape index (κ3) is 3.68. The molecule has 3 rings (SSSR count). The summed E-state index contributed by atoms with van der Waals surface area (Å²) in [6.07, 6.45) is 0. The van der Waals surface area contributed by atoms with Crippen LogP contribution >= 0.6 is 0 Å². The zero-order valence-corrected chi connectivity index (χ0v) is 13.8. The Hall–Kier alpha value is -2.76. The van der Waals surface area contributed by atoms with Crippen LogP contribution in [0.1, 0.15) is 27.6 Å². The molecule has 2 aromatic rings. The number of nitrogens with zero attached hydrogens (tertiary/aromatic N) is 2. The predicted octanol–water partition coefficient (Wildman–Crippen LogP) is 2.95. The monoisotopic (exact) mass is 344 g/mol. The van der Waals surface area contributed by atoms with Gasteiger partial charge in [0.1, 0.15) is 11.6 Å². The van der Waals surface area contributed by atoms with Crippen molar-refractivity contribution in [2.75, 3.05) is 19.6 Å². The van der Waals surface area contributed by atoms with Crippen molar-refractivity contribution in [1.29, 1.82) is 0 Å². The van der Waals surface area contributed by atoms with Gasteiger partial charge in [0.15, 0.2) is 0 Å². The molecule has 0 N–H and O–H groups in total. The fourth-order valence-electron chi connectivity index (χ4n) is 3.04. The lowest BCUT2D eigenvalue weighted by Gasteiger charge is -2.40. The van der Waals surface area contributed by atoms with Gasteiger partial charge in [0, 0.05) is 36.8 Å². The highest BCUT2D eigenvalue weighted by Crippen LogP contribution is 2.17. The van der Waals surface area contributed by atoms with Crippen LogP contribution in [0.4, 0.5) is 8.78 Å². The summed E-state index contributed by atoms with van der Waals surface area (Å²) in [6, 6.07) is 10.9. The summed E-state index contributed by atoms with van der Waals surface area (Å²) >= 11 is 0. The van der Waals surface area contributed by atoms with Gasteiger partial charge in [-0.05, 0) is 43.3 Å². The van der Waals surface area contributed by atoms with E-state index in [9.17, 15) is 18.4 Å². The third-order valence-electron chi connectivity index (χ3n) is 4.32. The number of hydrogen-bond donors (Lipinski definition) is 0. The van der Waals surface area contributed by atoms with Crippen molar-refractivity contribution in [2.24, 2.45) is 0 Å². The molecule has 0 aliphatic carbocycles. The summed E-state index contributed by atoms with van der Waals surface area (Å²) in [5.41, 5.74) is 0.578. The van der Waals surface area contributed by atoms with Gasteiger partial charge < -0.3 is 9.80 Å². The Morgan fingerprint density at radius 1 is 0.920 bits per heavy atom. The number of halogens is 2. The van der Waals surface area contributed by atoms with Crippen molar-refractivity contribution < 1.29 is 18.4 Å². The number of carbonyl (C=O) groups excluding carboxylic acids is 2. The van der Waals surface area contributed by atoms with Crippen molar-refractivity contribution in [1.82, 2.24) is 9.80 Å². The van der Waals surface area contributed by atoms with E-state index in [0.717, 1.165) is 0 Å². The zero-order valence-electron chi connectivity index (χ0n) is 13.8. The Kier molecular flexibility index (Phi) is 4.79. The molecule has 2 aromatic carbocycles. The van der Waals surface area contributed by atoms with E-state index in [4.69, 9.17) is 0 Å². The number of benzene rings is 2. The minimum atomic E-state index is -0.460. The Morgan fingerprint density at radius 2 is 1.48 bits per heavy atom. The first kappa shape index (κ1) is 17.1. The smallest absolute Gasteiger partial charge is 0.254 e. The second kappa shape index (κ2) is 7.01. The maximum atomic E-state index is 13.3. The second-order valence-corrected chi connectivity index (χ2v) is 6.12. The van der Waals surface area contributed by atoms with E-state index in [0.29, 0.717) is 19.6 Å². The summed E-state index contributed by atoms with van der Waals surface area (Å²) in [7, 11) is 0. The van der Waals surface area contributed by atoms with Crippen LogP contribution in [-0.2, 0) is 0 Å². The van der Waals surface area contributed by atoms with Gasteiger partial charge in [-0.2, -0.15) is 0 Å². The first-order valence-corrected chi connectivity index (χ1v) is 8.07. The van der Waals surface area contributed by atoms with Crippen LogP contribution in [0.25, 0.3) is 0 Å². The van der Waals surface area contributed by atoms with E-state index in [-0.39, 0.29) is 29.0 Å². The number of rotatable bonds is 2. The van der Waals surface area contributed by atoms with Gasteiger partial charge in [-0.3, -0.25) is 9.59 Å². The second-order valence-electron chi connectivity index (χ2n) is 6.12. The Morgan fingerprint density at radius 3 is 2.00 bits per heavy atom. The number of piperazine rings is 1. The molecule has 1 unspecified atom stereocenters. The maximum Gasteiger partial charge on any atom is 0.254 e. The Balaban J connectivity index is 1.70. The number of carbonyl (C=O) groups is 2. The van der Waals surface area contributed by atoms with Gasteiger partial charge in [0.05, 0.1) is 0 Å². The third-order valence-corrected chi connectivity index (χ3v) is 4.32. The van der Waals surface area contributed by atoms with Crippen molar-refractivity contribution in [2.45, 2.75) is 13.0 Å². The van der Waals surface area contributed by atoms with E-state index in [1.54, 1.807) is 21.9 Å². The van der Waals surface area contributed by atoms with E-state index in [1.165, 1.54) is 36.4 Å². The highest BCUT2D eigenvalue weighted by Gasteiger charge is 2.30. The molecular formula is C19H18F2N2O2. The molecule has 130 valence electrons. The predicted molar refractivity (Wildman–Crippen MR) is 89.2 cm³/mol. The van der Waals surface area contributed by atoms with Crippen LogP contribution < -0.4 is 0 Å². The summed E-state index contributed by atoms with van der Waals surface area (Å²) in [5.74, 6) is -1.44. The number of hydrogen-bond acceptors (Lipinski definition) is 2. The van der Waals surface area contributed by atoms with Crippen LogP contribution in [0.5, 0.6) is 0 Å². The quantitative estimate of drug-likeness (QED) is 0.840. The Bertz CT molecular complexity index is 810. The number of amides is 2. The average Bonchev–Trinajstić information content (AvgIpc) is 2.60. The SMILES string of the molecule is CC1CN(C(=O)c2cccc(F)c2)CCN1C(=O)c1cccc(F)c1. The van der Waals surface area contributed by atoms with Crippen LogP contribution in [0.2, 0.25) is 0 Å². The van der Waals surface area contributed by atoms with E-state index in [2.05, 4.69) is 0 Å². The molecular weight excluding hydrogens is 326 g/mol. The lowest BCUT2D eigenvalue weighted by molar-refractivity contribution is 0.0414. The van der Waals surface area contributed by atoms with Gasteiger partial charge in [-0.25, -0.2) is 8.78 Å². The van der Waals surface area contributed by atoms with Gasteiger partial charge in [0.2, 0.25) is 0 Å². The standard InChI is InChI=1S/C19H18F2N2O2/c1-13-12-22(18(24)14-4-2-6-16(20)10-14)8-9-23(13)19(25)15-5-3-7-17(21)11-15/h2-7,10-11,13H,8-9,12H2,1H3. The average molecular weight is 344 g/mol. The van der Waals surface area contributed by atoms with Crippen molar-refractivity contribution in [3.8, 4) is 0 Å². The molecule has 0 bridgehead atoms. The van der Waals surface area contributed by atoms with E-state index < -0.39 is 11.6 Å². The van der Waals surface area contributed by atoms with Gasteiger partial charge in [-0.1, -0.05) is 12.1 Å². The zero-order chi connectivity index (χ0) is 18.0. The lowest BCUT2D eigenvalue weighted by Crippen LogP contribution is -2.55. The molecule has 25 heavy (non-hydrogen) atoms. The van der Waals surface area contributed by atoms with Crippen molar-refractivity contribution in [3.63, 3.8) is 0 Å². The van der Waals surface area contributed by atoms with Crippen molar-refractivity contribution in [3.05, 3.63) is 71.3 Å². The summed E-state index contributed by atoms with van der Waals surface area (Å²) in [6.45, 7) is 2.87. The topological polar surface area (TPSA) is 40.6 Å². The van der Waals surface area contributed by atoms with Crippen LogP contribution in [-0.4, -0.2) is 47.3 Å². The molecule has 0 radical (unpaired) electrons. The molecule has 1 aliphatic rings. The van der Waals surface area contributed by atoms with E-state index in [1.807, 2.05) is 6.92 Å². The highest BCUT2D eigenvalue weighted by atomic mass is 19.1. The highest BCUT2D eigenvalue weighted by molar-refractivity contribution is 5.96. The maximum absolute atomic E-state index is 13.3. The molecule has 1 aliphatic heterocycles. The molecule has 0 aromatic heterocycles. The molecule has 4 nitrogen and oxygen atoms in total. The molecule has 1 saturated heterocycles. The summed E-state index contributed by atoms with van der Waals surface area (Å²) in [4.78, 5) is 28.3. The lowest BCUT2D eigenvalue weighted by atomic mass is 10.1. The molecule has 6 heteroatoms. The molecule has 1 atom stereocenters. The largest absolute Gasteiger partial charge is 0.335 e.